The van der Waals surface area contributed by atoms with E-state index in [-0.39, 0.29) is 5.56 Å². The van der Waals surface area contributed by atoms with Crippen LogP contribution in [0.25, 0.3) is 11.2 Å². The summed E-state index contributed by atoms with van der Waals surface area (Å²) in [4.78, 5) is 34.4. The van der Waals surface area contributed by atoms with Gasteiger partial charge >= 0.3 is 5.69 Å². The molecule has 156 valence electrons. The first-order valence-electron chi connectivity index (χ1n) is 9.67. The number of fused-ring (bicyclic) bond motifs is 1. The maximum Gasteiger partial charge on any atom is 0.332 e. The molecule has 0 unspecified atom stereocenters. The van der Waals surface area contributed by atoms with Crippen LogP contribution < -0.4 is 11.2 Å². The van der Waals surface area contributed by atoms with Crippen molar-refractivity contribution < 1.29 is 4.42 Å². The molecule has 0 amide bonds. The van der Waals surface area contributed by atoms with Gasteiger partial charge in [0.2, 0.25) is 5.89 Å². The highest BCUT2D eigenvalue weighted by molar-refractivity contribution is 7.98. The zero-order valence-corrected chi connectivity index (χ0v) is 18.2. The van der Waals surface area contributed by atoms with E-state index in [4.69, 9.17) is 4.42 Å². The van der Waals surface area contributed by atoms with Crippen molar-refractivity contribution in [3.8, 4) is 0 Å². The average Bonchev–Trinajstić information content (AvgIpc) is 3.34. The fourth-order valence-electron chi connectivity index (χ4n) is 3.38. The Labute approximate surface area is 177 Å². The normalized spacial score (nSPS) is 11.5. The van der Waals surface area contributed by atoms with Crippen LogP contribution in [0.2, 0.25) is 0 Å². The number of aromatic nitrogens is 5. The van der Waals surface area contributed by atoms with E-state index in [1.807, 2.05) is 36.6 Å². The molecule has 0 radical (unpaired) electrons. The molecule has 9 heteroatoms. The Balaban J connectivity index is 1.83. The van der Waals surface area contributed by atoms with Crippen molar-refractivity contribution in [2.45, 2.75) is 37.7 Å². The van der Waals surface area contributed by atoms with E-state index in [1.165, 1.54) is 23.4 Å². The number of aryl methyl sites for hydroxylation is 3. The van der Waals surface area contributed by atoms with E-state index in [0.717, 1.165) is 27.8 Å². The summed E-state index contributed by atoms with van der Waals surface area (Å²) in [6.07, 6.45) is 2.46. The van der Waals surface area contributed by atoms with Gasteiger partial charge in [-0.2, -0.15) is 0 Å². The first kappa shape index (κ1) is 20.2. The molecule has 0 fully saturated rings. The van der Waals surface area contributed by atoms with Gasteiger partial charge in [0.15, 0.2) is 16.3 Å². The van der Waals surface area contributed by atoms with Crippen LogP contribution in [-0.4, -0.2) is 23.7 Å². The summed E-state index contributed by atoms with van der Waals surface area (Å²) in [5.74, 6) is 1.08. The lowest BCUT2D eigenvalue weighted by atomic mass is 10.1. The summed E-state index contributed by atoms with van der Waals surface area (Å²) < 4.78 is 9.92. The average molecular weight is 426 g/mol. The number of thioether (sulfide) groups is 1. The van der Waals surface area contributed by atoms with Crippen LogP contribution >= 0.6 is 11.8 Å². The van der Waals surface area contributed by atoms with Crippen molar-refractivity contribution in [2.75, 3.05) is 0 Å². The minimum Gasteiger partial charge on any atom is -0.448 e. The first-order valence-corrected chi connectivity index (χ1v) is 10.7. The third-order valence-corrected chi connectivity index (χ3v) is 5.98. The molecule has 3 aromatic heterocycles. The van der Waals surface area contributed by atoms with E-state index in [2.05, 4.69) is 16.0 Å². The van der Waals surface area contributed by atoms with Gasteiger partial charge in [-0.05, 0) is 18.9 Å². The van der Waals surface area contributed by atoms with Crippen molar-refractivity contribution >= 4 is 22.9 Å². The van der Waals surface area contributed by atoms with Crippen molar-refractivity contribution in [1.29, 1.82) is 0 Å². The molecule has 0 atom stereocenters. The monoisotopic (exact) mass is 425 g/mol. The van der Waals surface area contributed by atoms with Gasteiger partial charge in [0.05, 0.1) is 18.0 Å². The van der Waals surface area contributed by atoms with Crippen molar-refractivity contribution in [3.63, 3.8) is 0 Å². The number of hydrogen-bond donors (Lipinski definition) is 0. The zero-order valence-electron chi connectivity index (χ0n) is 17.4. The minimum absolute atomic E-state index is 0.357. The highest BCUT2D eigenvalue weighted by Gasteiger charge is 2.20. The van der Waals surface area contributed by atoms with Crippen LogP contribution in [0.4, 0.5) is 0 Å². The van der Waals surface area contributed by atoms with Gasteiger partial charge < -0.3 is 8.98 Å². The molecule has 0 spiro atoms. The smallest absolute Gasteiger partial charge is 0.332 e. The molecule has 0 N–H and O–H groups in total. The predicted molar refractivity (Wildman–Crippen MR) is 116 cm³/mol. The summed E-state index contributed by atoms with van der Waals surface area (Å²) in [6, 6.07) is 8.11. The van der Waals surface area contributed by atoms with Crippen LogP contribution in [0.1, 0.15) is 29.6 Å². The maximum atomic E-state index is 13.0. The zero-order chi connectivity index (χ0) is 21.4. The predicted octanol–water partition coefficient (Wildman–Crippen LogP) is 2.63. The van der Waals surface area contributed by atoms with E-state index in [1.54, 1.807) is 13.3 Å². The van der Waals surface area contributed by atoms with Crippen LogP contribution in [0, 0.1) is 6.92 Å². The number of nitrogens with zero attached hydrogens (tertiary/aromatic N) is 5. The summed E-state index contributed by atoms with van der Waals surface area (Å²) in [5.41, 5.74) is 3.11. The van der Waals surface area contributed by atoms with Crippen LogP contribution in [0.3, 0.4) is 0 Å². The molecule has 30 heavy (non-hydrogen) atoms. The fraction of sp³-hybridized carbons (Fsp3) is 0.333. The molecule has 0 aliphatic heterocycles. The van der Waals surface area contributed by atoms with Crippen LogP contribution in [0.5, 0.6) is 0 Å². The molecular weight excluding hydrogens is 402 g/mol. The lowest BCUT2D eigenvalue weighted by Gasteiger charge is -2.10. The Hall–Kier alpha value is -3.07. The molecule has 3 heterocycles. The Morgan fingerprint density at radius 3 is 2.63 bits per heavy atom. The molecule has 0 bridgehead atoms. The Morgan fingerprint density at radius 2 is 1.93 bits per heavy atom. The molecule has 0 saturated heterocycles. The van der Waals surface area contributed by atoms with Crippen LogP contribution in [0.15, 0.2) is 49.7 Å². The Morgan fingerprint density at radius 1 is 1.13 bits per heavy atom. The van der Waals surface area contributed by atoms with Gasteiger partial charge in [-0.25, -0.2) is 14.8 Å². The van der Waals surface area contributed by atoms with Gasteiger partial charge in [0.25, 0.3) is 5.56 Å². The molecule has 4 rings (SSSR count). The largest absolute Gasteiger partial charge is 0.448 e. The molecular formula is C21H23N5O3S. The SMILES string of the molecule is CCc1coc(CSc2nc3c(c(=O)n(C)c(=O)n3C)n2Cc2cccc(C)c2)n1. The standard InChI is InChI=1S/C21H23N5O3S/c1-5-15-11-29-16(22-15)12-30-20-23-18-17(19(27)25(4)21(28)24(18)3)26(20)10-14-8-6-7-13(2)9-14/h6-9,11H,5,10,12H2,1-4H3. The topological polar surface area (TPSA) is 87.9 Å². The van der Waals surface area contributed by atoms with Crippen molar-refractivity contribution in [3.05, 3.63) is 74.1 Å². The summed E-state index contributed by atoms with van der Waals surface area (Å²) in [6.45, 7) is 4.52. The molecule has 4 aromatic rings. The highest BCUT2D eigenvalue weighted by Crippen LogP contribution is 2.26. The Kier molecular flexibility index (Phi) is 5.38. The highest BCUT2D eigenvalue weighted by atomic mass is 32.2. The molecule has 1 aromatic carbocycles. The van der Waals surface area contributed by atoms with Crippen molar-refractivity contribution in [2.24, 2.45) is 14.1 Å². The third kappa shape index (κ3) is 3.60. The summed E-state index contributed by atoms with van der Waals surface area (Å²) >= 11 is 1.43. The van der Waals surface area contributed by atoms with Gasteiger partial charge in [-0.1, -0.05) is 48.5 Å². The molecule has 8 nitrogen and oxygen atoms in total. The van der Waals surface area contributed by atoms with Gasteiger partial charge in [0, 0.05) is 14.1 Å². The number of oxazole rings is 1. The number of rotatable bonds is 6. The molecule has 0 aliphatic carbocycles. The second-order valence-electron chi connectivity index (χ2n) is 7.22. The second-order valence-corrected chi connectivity index (χ2v) is 8.16. The first-order chi connectivity index (χ1) is 14.4. The van der Waals surface area contributed by atoms with Crippen LogP contribution in [-0.2, 0) is 32.8 Å². The second kappa shape index (κ2) is 7.98. The number of imidazole rings is 1. The lowest BCUT2D eigenvalue weighted by molar-refractivity contribution is 0.516. The lowest BCUT2D eigenvalue weighted by Crippen LogP contribution is -2.37. The number of benzene rings is 1. The van der Waals surface area contributed by atoms with E-state index in [0.29, 0.717) is 34.5 Å². The van der Waals surface area contributed by atoms with E-state index < -0.39 is 5.69 Å². The fourth-order valence-corrected chi connectivity index (χ4v) is 4.23. The van der Waals surface area contributed by atoms with E-state index in [9.17, 15) is 9.59 Å². The van der Waals surface area contributed by atoms with Gasteiger partial charge in [-0.15, -0.1) is 0 Å². The minimum atomic E-state index is -0.399. The number of hydrogen-bond acceptors (Lipinski definition) is 6. The summed E-state index contributed by atoms with van der Waals surface area (Å²) in [5, 5.41) is 0.640. The third-order valence-electron chi connectivity index (χ3n) is 5.02. The quantitative estimate of drug-likeness (QED) is 0.441. The Bertz CT molecular complexity index is 1350. The van der Waals surface area contributed by atoms with Gasteiger partial charge in [-0.3, -0.25) is 13.9 Å². The maximum absolute atomic E-state index is 13.0. The molecule has 0 saturated carbocycles. The van der Waals surface area contributed by atoms with E-state index >= 15 is 0 Å². The van der Waals surface area contributed by atoms with Gasteiger partial charge in [0.1, 0.15) is 6.26 Å². The summed E-state index contributed by atoms with van der Waals surface area (Å²) in [7, 11) is 3.12. The van der Waals surface area contributed by atoms with Crippen molar-refractivity contribution in [1.82, 2.24) is 23.7 Å². The molecule has 0 aliphatic rings.